The van der Waals surface area contributed by atoms with Gasteiger partial charge in [-0.1, -0.05) is 13.3 Å². The summed E-state index contributed by atoms with van der Waals surface area (Å²) in [5.41, 5.74) is 0. The lowest BCUT2D eigenvalue weighted by atomic mass is 9.90. The Balaban J connectivity index is 2.57. The average molecular weight is 184 g/mol. The molecule has 0 aliphatic heterocycles. The average Bonchev–Trinajstić information content (AvgIpc) is 2.52. The third-order valence-electron chi connectivity index (χ3n) is 2.74. The quantitative estimate of drug-likeness (QED) is 0.725. The predicted octanol–water partition coefficient (Wildman–Crippen LogP) is 1.86. The first-order valence-corrected chi connectivity index (χ1v) is 4.92. The van der Waals surface area contributed by atoms with Crippen LogP contribution in [0, 0.1) is 11.8 Å². The van der Waals surface area contributed by atoms with Gasteiger partial charge >= 0.3 is 5.97 Å². The molecular formula is C10H16O3. The van der Waals surface area contributed by atoms with Gasteiger partial charge in [-0.2, -0.15) is 0 Å². The van der Waals surface area contributed by atoms with Gasteiger partial charge in [-0.3, -0.25) is 9.59 Å². The zero-order valence-corrected chi connectivity index (χ0v) is 7.95. The van der Waals surface area contributed by atoms with E-state index >= 15 is 0 Å². The van der Waals surface area contributed by atoms with E-state index in [1.807, 2.05) is 6.92 Å². The molecule has 0 radical (unpaired) electrons. The van der Waals surface area contributed by atoms with Gasteiger partial charge < -0.3 is 5.11 Å². The summed E-state index contributed by atoms with van der Waals surface area (Å²) in [6.45, 7) is 1.95. The number of ketones is 1. The molecule has 0 aromatic rings. The lowest BCUT2D eigenvalue weighted by Crippen LogP contribution is -2.24. The number of carboxylic acid groups (broad SMARTS) is 1. The van der Waals surface area contributed by atoms with Crippen LogP contribution >= 0.6 is 0 Å². The molecule has 2 atom stereocenters. The molecule has 0 heterocycles. The molecule has 0 aromatic heterocycles. The van der Waals surface area contributed by atoms with E-state index in [4.69, 9.17) is 5.11 Å². The van der Waals surface area contributed by atoms with Crippen molar-refractivity contribution in [3.8, 4) is 0 Å². The van der Waals surface area contributed by atoms with Crippen molar-refractivity contribution in [1.29, 1.82) is 0 Å². The summed E-state index contributed by atoms with van der Waals surface area (Å²) in [6.07, 6.45) is 3.69. The number of hydrogen-bond acceptors (Lipinski definition) is 2. The van der Waals surface area contributed by atoms with Gasteiger partial charge in [0.15, 0.2) is 0 Å². The first-order valence-electron chi connectivity index (χ1n) is 4.92. The molecule has 0 bridgehead atoms. The van der Waals surface area contributed by atoms with Crippen molar-refractivity contribution in [2.24, 2.45) is 11.8 Å². The maximum atomic E-state index is 11.5. The molecule has 0 aromatic carbocycles. The summed E-state index contributed by atoms with van der Waals surface area (Å²) >= 11 is 0. The van der Waals surface area contributed by atoms with Gasteiger partial charge in [0, 0.05) is 12.3 Å². The number of hydrogen-bond donors (Lipinski definition) is 1. The Morgan fingerprint density at radius 1 is 1.31 bits per heavy atom. The highest BCUT2D eigenvalue weighted by molar-refractivity contribution is 5.86. The minimum absolute atomic E-state index is 0.146. The number of carbonyl (C=O) groups is 2. The molecule has 0 amide bonds. The smallest absolute Gasteiger partial charge is 0.307 e. The molecule has 1 aliphatic carbocycles. The van der Waals surface area contributed by atoms with Gasteiger partial charge in [0.05, 0.1) is 5.92 Å². The molecule has 3 nitrogen and oxygen atoms in total. The van der Waals surface area contributed by atoms with Crippen LogP contribution in [0.1, 0.15) is 39.0 Å². The van der Waals surface area contributed by atoms with Gasteiger partial charge in [0.1, 0.15) is 5.78 Å². The van der Waals surface area contributed by atoms with Gasteiger partial charge in [-0.15, -0.1) is 0 Å². The molecular weight excluding hydrogens is 168 g/mol. The fourth-order valence-electron chi connectivity index (χ4n) is 2.07. The largest absolute Gasteiger partial charge is 0.481 e. The maximum Gasteiger partial charge on any atom is 0.307 e. The van der Waals surface area contributed by atoms with Crippen molar-refractivity contribution < 1.29 is 14.7 Å². The molecule has 1 aliphatic rings. The Morgan fingerprint density at radius 3 is 2.46 bits per heavy atom. The molecule has 0 spiro atoms. The summed E-state index contributed by atoms with van der Waals surface area (Å²) < 4.78 is 0. The first-order chi connectivity index (χ1) is 6.16. The Kier molecular flexibility index (Phi) is 3.46. The number of carboxylic acids is 1. The van der Waals surface area contributed by atoms with Crippen LogP contribution in [0.5, 0.6) is 0 Å². The standard InChI is InChI=1S/C10H16O3/c1-2-4-9(11)7-5-3-6-8(7)10(12)13/h7-8H,2-6H2,1H3,(H,12,13)/t7-,8-/m0/s1. The van der Waals surface area contributed by atoms with Crippen LogP contribution in [-0.2, 0) is 9.59 Å². The Bertz CT molecular complexity index is 210. The Labute approximate surface area is 78.1 Å². The Hall–Kier alpha value is -0.860. The zero-order valence-electron chi connectivity index (χ0n) is 7.95. The van der Waals surface area contributed by atoms with E-state index in [1.165, 1.54) is 0 Å². The van der Waals surface area contributed by atoms with Crippen LogP contribution in [0.25, 0.3) is 0 Å². The molecule has 1 rings (SSSR count). The van der Waals surface area contributed by atoms with Gasteiger partial charge in [0.25, 0.3) is 0 Å². The summed E-state index contributed by atoms with van der Waals surface area (Å²) in [5, 5.41) is 8.85. The van der Waals surface area contributed by atoms with E-state index in [2.05, 4.69) is 0 Å². The minimum atomic E-state index is -0.799. The van der Waals surface area contributed by atoms with E-state index in [-0.39, 0.29) is 11.7 Å². The molecule has 0 saturated heterocycles. The number of rotatable bonds is 4. The number of aliphatic carboxylic acids is 1. The molecule has 74 valence electrons. The van der Waals surface area contributed by atoms with Crippen LogP contribution in [0.4, 0.5) is 0 Å². The van der Waals surface area contributed by atoms with Crippen molar-refractivity contribution in [3.63, 3.8) is 0 Å². The summed E-state index contributed by atoms with van der Waals surface area (Å²) in [6, 6.07) is 0. The molecule has 1 N–H and O–H groups in total. The monoisotopic (exact) mass is 184 g/mol. The van der Waals surface area contributed by atoms with Crippen LogP contribution < -0.4 is 0 Å². The number of Topliss-reactive ketones (excluding diaryl/α,β-unsaturated/α-hetero) is 1. The number of carbonyl (C=O) groups excluding carboxylic acids is 1. The summed E-state index contributed by atoms with van der Waals surface area (Å²) in [4.78, 5) is 22.3. The molecule has 0 unspecified atom stereocenters. The minimum Gasteiger partial charge on any atom is -0.481 e. The summed E-state index contributed by atoms with van der Waals surface area (Å²) in [5.74, 6) is -1.25. The molecule has 1 fully saturated rings. The highest BCUT2D eigenvalue weighted by Gasteiger charge is 2.36. The van der Waals surface area contributed by atoms with Crippen molar-refractivity contribution in [2.75, 3.05) is 0 Å². The topological polar surface area (TPSA) is 54.4 Å². The third kappa shape index (κ3) is 2.29. The molecule has 13 heavy (non-hydrogen) atoms. The van der Waals surface area contributed by atoms with Crippen molar-refractivity contribution in [1.82, 2.24) is 0 Å². The lowest BCUT2D eigenvalue weighted by molar-refractivity contribution is -0.145. The van der Waals surface area contributed by atoms with E-state index in [9.17, 15) is 9.59 Å². The molecule has 3 heteroatoms. The van der Waals surface area contributed by atoms with E-state index in [0.29, 0.717) is 12.8 Å². The second kappa shape index (κ2) is 4.40. The maximum absolute atomic E-state index is 11.5. The zero-order chi connectivity index (χ0) is 9.84. The van der Waals surface area contributed by atoms with Crippen LogP contribution in [-0.4, -0.2) is 16.9 Å². The SMILES string of the molecule is CCCC(=O)[C@H]1CCC[C@@H]1C(=O)O. The van der Waals surface area contributed by atoms with Crippen molar-refractivity contribution in [2.45, 2.75) is 39.0 Å². The lowest BCUT2D eigenvalue weighted by Gasteiger charge is -2.13. The van der Waals surface area contributed by atoms with E-state index in [0.717, 1.165) is 19.3 Å². The highest BCUT2D eigenvalue weighted by atomic mass is 16.4. The fraction of sp³-hybridized carbons (Fsp3) is 0.800. The van der Waals surface area contributed by atoms with Gasteiger partial charge in [0.2, 0.25) is 0 Å². The third-order valence-corrected chi connectivity index (χ3v) is 2.74. The predicted molar refractivity (Wildman–Crippen MR) is 48.4 cm³/mol. The van der Waals surface area contributed by atoms with Gasteiger partial charge in [-0.25, -0.2) is 0 Å². The molecule has 1 saturated carbocycles. The second-order valence-corrected chi connectivity index (χ2v) is 3.70. The summed E-state index contributed by atoms with van der Waals surface area (Å²) in [7, 11) is 0. The normalized spacial score (nSPS) is 27.5. The van der Waals surface area contributed by atoms with Crippen molar-refractivity contribution in [3.05, 3.63) is 0 Å². The highest BCUT2D eigenvalue weighted by Crippen LogP contribution is 2.33. The van der Waals surface area contributed by atoms with E-state index < -0.39 is 11.9 Å². The Morgan fingerprint density at radius 2 is 1.92 bits per heavy atom. The second-order valence-electron chi connectivity index (χ2n) is 3.70. The van der Waals surface area contributed by atoms with Gasteiger partial charge in [-0.05, 0) is 19.3 Å². The van der Waals surface area contributed by atoms with Crippen LogP contribution in [0.15, 0.2) is 0 Å². The van der Waals surface area contributed by atoms with Crippen LogP contribution in [0.2, 0.25) is 0 Å². The first kappa shape index (κ1) is 10.2. The van der Waals surface area contributed by atoms with Crippen LogP contribution in [0.3, 0.4) is 0 Å². The van der Waals surface area contributed by atoms with Crippen molar-refractivity contribution >= 4 is 11.8 Å². The van der Waals surface area contributed by atoms with E-state index in [1.54, 1.807) is 0 Å². The fourth-order valence-corrected chi connectivity index (χ4v) is 2.07.